The highest BCUT2D eigenvalue weighted by molar-refractivity contribution is 7.12. The Morgan fingerprint density at radius 3 is 2.24 bits per heavy atom. The van der Waals surface area contributed by atoms with Crippen LogP contribution in [0, 0.1) is 5.82 Å². The number of aromatic nitrogens is 3. The van der Waals surface area contributed by atoms with Crippen LogP contribution >= 0.6 is 23.7 Å². The fraction of sp³-hybridized carbons (Fsp3) is 0.625. The summed E-state index contributed by atoms with van der Waals surface area (Å²) in [6.07, 6.45) is -0.375. The summed E-state index contributed by atoms with van der Waals surface area (Å²) >= 11 is 0.461. The van der Waals surface area contributed by atoms with E-state index in [1.165, 1.54) is 0 Å². The minimum Gasteiger partial charge on any atom is -0.311 e. The highest BCUT2D eigenvalue weighted by Crippen LogP contribution is 2.48. The zero-order valence-electron chi connectivity index (χ0n) is 13.7. The van der Waals surface area contributed by atoms with Gasteiger partial charge in [-0.25, -0.2) is 4.39 Å². The molecule has 9 heteroatoms. The van der Waals surface area contributed by atoms with Gasteiger partial charge in [0.25, 0.3) is 0 Å². The molecule has 0 unspecified atom stereocenters. The molecule has 0 aliphatic heterocycles. The van der Waals surface area contributed by atoms with Crippen LogP contribution in [0.25, 0.3) is 0 Å². The molecule has 0 saturated heterocycles. The summed E-state index contributed by atoms with van der Waals surface area (Å²) in [5.41, 5.74) is -0.957. The lowest BCUT2D eigenvalue weighted by molar-refractivity contribution is -0.134. The summed E-state index contributed by atoms with van der Waals surface area (Å²) < 4.78 is 55.1. The van der Waals surface area contributed by atoms with Crippen molar-refractivity contribution in [3.8, 4) is 0 Å². The van der Waals surface area contributed by atoms with Gasteiger partial charge >= 0.3 is 6.18 Å². The standard InChI is InChI=1S/C16H17F4N3S.ClH/c1-15(2,12-10(17)7-11(24-12)16(18,19)20)14-22-21-13(8-3-4-8)23(14)9-5-6-9;/h7-9H,3-6H2,1-2H3;1H. The second-order valence-electron chi connectivity index (χ2n) is 7.17. The zero-order valence-corrected chi connectivity index (χ0v) is 15.4. The fourth-order valence-corrected chi connectivity index (χ4v) is 4.08. The number of rotatable bonds is 4. The van der Waals surface area contributed by atoms with Crippen LogP contribution in [0.1, 0.15) is 72.9 Å². The molecule has 0 atom stereocenters. The van der Waals surface area contributed by atoms with Crippen molar-refractivity contribution < 1.29 is 17.6 Å². The monoisotopic (exact) mass is 395 g/mol. The smallest absolute Gasteiger partial charge is 0.311 e. The molecule has 2 aliphatic carbocycles. The Bertz CT molecular complexity index is 788. The summed E-state index contributed by atoms with van der Waals surface area (Å²) in [6.45, 7) is 3.45. The first-order valence-corrected chi connectivity index (χ1v) is 8.83. The van der Waals surface area contributed by atoms with E-state index in [9.17, 15) is 17.6 Å². The molecule has 3 nitrogen and oxygen atoms in total. The minimum absolute atomic E-state index is 0. The molecule has 2 fully saturated rings. The van der Waals surface area contributed by atoms with Gasteiger partial charge < -0.3 is 4.57 Å². The molecule has 138 valence electrons. The Hall–Kier alpha value is -1.15. The molecule has 2 aliphatic rings. The van der Waals surface area contributed by atoms with Gasteiger partial charge in [-0.1, -0.05) is 0 Å². The summed E-state index contributed by atoms with van der Waals surface area (Å²) in [4.78, 5) is -0.852. The van der Waals surface area contributed by atoms with E-state index in [4.69, 9.17) is 0 Å². The van der Waals surface area contributed by atoms with Crippen molar-refractivity contribution >= 4 is 23.7 Å². The lowest BCUT2D eigenvalue weighted by Gasteiger charge is -2.24. The summed E-state index contributed by atoms with van der Waals surface area (Å²) in [5.74, 6) is 1.05. The van der Waals surface area contributed by atoms with Crippen molar-refractivity contribution in [2.75, 3.05) is 0 Å². The van der Waals surface area contributed by atoms with Crippen molar-refractivity contribution in [2.45, 2.75) is 63.1 Å². The van der Waals surface area contributed by atoms with Gasteiger partial charge in [0.2, 0.25) is 0 Å². The molecule has 2 saturated carbocycles. The lowest BCUT2D eigenvalue weighted by atomic mass is 9.90. The molecule has 0 amide bonds. The second kappa shape index (κ2) is 5.94. The molecule has 2 aromatic rings. The van der Waals surface area contributed by atoms with Crippen molar-refractivity contribution in [3.63, 3.8) is 0 Å². The van der Waals surface area contributed by atoms with Crippen LogP contribution in [0.5, 0.6) is 0 Å². The lowest BCUT2D eigenvalue weighted by Crippen LogP contribution is -2.25. The van der Waals surface area contributed by atoms with E-state index in [2.05, 4.69) is 14.8 Å². The normalized spacial score (nSPS) is 18.3. The Morgan fingerprint density at radius 1 is 1.12 bits per heavy atom. The van der Waals surface area contributed by atoms with Crippen molar-refractivity contribution in [2.24, 2.45) is 0 Å². The van der Waals surface area contributed by atoms with Crippen LogP contribution in [0.3, 0.4) is 0 Å². The Morgan fingerprint density at radius 2 is 1.76 bits per heavy atom. The number of halogens is 5. The topological polar surface area (TPSA) is 30.7 Å². The van der Waals surface area contributed by atoms with E-state index in [0.29, 0.717) is 35.2 Å². The van der Waals surface area contributed by atoms with E-state index in [1.807, 2.05) is 0 Å². The van der Waals surface area contributed by atoms with Crippen LogP contribution in [-0.4, -0.2) is 14.8 Å². The van der Waals surface area contributed by atoms with Crippen LogP contribution < -0.4 is 0 Å². The van der Waals surface area contributed by atoms with E-state index >= 15 is 0 Å². The third-order valence-electron chi connectivity index (χ3n) is 4.67. The number of alkyl halides is 3. The number of hydrogen-bond acceptors (Lipinski definition) is 3. The molecule has 4 rings (SSSR count). The van der Waals surface area contributed by atoms with Gasteiger partial charge in [-0.15, -0.1) is 33.9 Å². The van der Waals surface area contributed by atoms with Gasteiger partial charge in [0.05, 0.1) is 10.3 Å². The maximum atomic E-state index is 14.3. The van der Waals surface area contributed by atoms with Gasteiger partial charge in [0, 0.05) is 12.0 Å². The minimum atomic E-state index is -4.54. The first kappa shape index (κ1) is 18.6. The molecule has 0 radical (unpaired) electrons. The van der Waals surface area contributed by atoms with Crippen LogP contribution in [0.2, 0.25) is 0 Å². The zero-order chi connectivity index (χ0) is 17.3. The maximum absolute atomic E-state index is 14.3. The fourth-order valence-electron chi connectivity index (χ4n) is 3.08. The number of hydrogen-bond donors (Lipinski definition) is 0. The molecule has 2 aromatic heterocycles. The SMILES string of the molecule is CC(C)(c1sc(C(F)(F)F)cc1F)c1nnc(C2CC2)n1C1CC1.Cl. The van der Waals surface area contributed by atoms with E-state index in [1.54, 1.807) is 13.8 Å². The van der Waals surface area contributed by atoms with Crippen LogP contribution in [-0.2, 0) is 11.6 Å². The molecule has 0 spiro atoms. The average Bonchev–Trinajstić information content (AvgIpc) is 3.41. The molecular weight excluding hydrogens is 378 g/mol. The van der Waals surface area contributed by atoms with Gasteiger partial charge in [-0.05, 0) is 45.6 Å². The Balaban J connectivity index is 0.00000182. The van der Waals surface area contributed by atoms with Gasteiger partial charge in [-0.2, -0.15) is 13.2 Å². The quantitative estimate of drug-likeness (QED) is 0.644. The van der Waals surface area contributed by atoms with Gasteiger partial charge in [-0.3, -0.25) is 0 Å². The van der Waals surface area contributed by atoms with Gasteiger partial charge in [0.1, 0.15) is 22.3 Å². The number of nitrogens with zero attached hydrogens (tertiary/aromatic N) is 3. The molecular formula is C16H18ClF4N3S. The molecule has 25 heavy (non-hydrogen) atoms. The third-order valence-corrected chi connectivity index (χ3v) is 6.15. The summed E-state index contributed by atoms with van der Waals surface area (Å²) in [7, 11) is 0. The predicted molar refractivity (Wildman–Crippen MR) is 88.9 cm³/mol. The Labute approximate surface area is 152 Å². The average molecular weight is 396 g/mol. The maximum Gasteiger partial charge on any atom is 0.425 e. The largest absolute Gasteiger partial charge is 0.425 e. The van der Waals surface area contributed by atoms with Crippen molar-refractivity contribution in [3.05, 3.63) is 33.3 Å². The number of thiophene rings is 1. The highest BCUT2D eigenvalue weighted by atomic mass is 35.5. The molecule has 0 aromatic carbocycles. The second-order valence-corrected chi connectivity index (χ2v) is 8.22. The van der Waals surface area contributed by atoms with E-state index in [-0.39, 0.29) is 17.3 Å². The highest BCUT2D eigenvalue weighted by Gasteiger charge is 2.43. The summed E-state index contributed by atoms with van der Waals surface area (Å²) in [6, 6.07) is 0.886. The Kier molecular flexibility index (Phi) is 4.43. The van der Waals surface area contributed by atoms with Crippen molar-refractivity contribution in [1.29, 1.82) is 0 Å². The van der Waals surface area contributed by atoms with Crippen molar-refractivity contribution in [1.82, 2.24) is 14.8 Å². The third kappa shape index (κ3) is 3.18. The first-order chi connectivity index (χ1) is 11.2. The molecule has 0 bridgehead atoms. The predicted octanol–water partition coefficient (Wildman–Crippen LogP) is 5.46. The van der Waals surface area contributed by atoms with Crippen LogP contribution in [0.15, 0.2) is 6.07 Å². The van der Waals surface area contributed by atoms with E-state index in [0.717, 1.165) is 31.5 Å². The van der Waals surface area contributed by atoms with Crippen LogP contribution in [0.4, 0.5) is 17.6 Å². The first-order valence-electron chi connectivity index (χ1n) is 8.02. The van der Waals surface area contributed by atoms with Gasteiger partial charge in [0.15, 0.2) is 0 Å². The summed E-state index contributed by atoms with van der Waals surface area (Å²) in [5, 5.41) is 8.56. The van der Waals surface area contributed by atoms with E-state index < -0.39 is 22.3 Å². The molecule has 0 N–H and O–H groups in total. The molecule has 2 heterocycles.